The van der Waals surface area contributed by atoms with Gasteiger partial charge in [0.15, 0.2) is 0 Å². The van der Waals surface area contributed by atoms with Gasteiger partial charge in [-0.3, -0.25) is 4.79 Å². The highest BCUT2D eigenvalue weighted by Gasteiger charge is 2.17. The van der Waals surface area contributed by atoms with Crippen molar-refractivity contribution in [3.63, 3.8) is 0 Å². The SMILES string of the molecule is CC[C@@H](C)c1nc2ccc(Br)cc2c(=O)n1N=Cc1cn(CC(C)(C)C)c2ccccc12. The van der Waals surface area contributed by atoms with Crippen LogP contribution in [0.25, 0.3) is 21.8 Å². The van der Waals surface area contributed by atoms with Crippen LogP contribution in [0.4, 0.5) is 0 Å². The third-order valence-corrected chi connectivity index (χ3v) is 6.16. The zero-order valence-corrected chi connectivity index (χ0v) is 20.8. The average Bonchev–Trinajstić information content (AvgIpc) is 3.08. The van der Waals surface area contributed by atoms with E-state index in [4.69, 9.17) is 4.98 Å². The lowest BCUT2D eigenvalue weighted by Gasteiger charge is -2.19. The summed E-state index contributed by atoms with van der Waals surface area (Å²) in [6, 6.07) is 13.9. The largest absolute Gasteiger partial charge is 0.346 e. The van der Waals surface area contributed by atoms with Gasteiger partial charge >= 0.3 is 0 Å². The number of aromatic nitrogens is 3. The molecule has 32 heavy (non-hydrogen) atoms. The molecule has 0 saturated carbocycles. The maximum Gasteiger partial charge on any atom is 0.282 e. The van der Waals surface area contributed by atoms with Gasteiger partial charge in [0.05, 0.1) is 17.1 Å². The van der Waals surface area contributed by atoms with Crippen molar-refractivity contribution in [2.45, 2.75) is 53.5 Å². The van der Waals surface area contributed by atoms with Crippen LogP contribution < -0.4 is 5.56 Å². The molecular formula is C26H29BrN4O. The highest BCUT2D eigenvalue weighted by atomic mass is 79.9. The Morgan fingerprint density at radius 3 is 2.62 bits per heavy atom. The summed E-state index contributed by atoms with van der Waals surface area (Å²) in [4.78, 5) is 18.2. The Bertz CT molecular complexity index is 1370. The molecule has 0 aliphatic rings. The van der Waals surface area contributed by atoms with Gasteiger partial charge in [-0.1, -0.05) is 68.7 Å². The second kappa shape index (κ2) is 8.66. The third kappa shape index (κ3) is 4.42. The third-order valence-electron chi connectivity index (χ3n) is 5.66. The Morgan fingerprint density at radius 2 is 1.91 bits per heavy atom. The summed E-state index contributed by atoms with van der Waals surface area (Å²) in [5.41, 5.74) is 2.84. The van der Waals surface area contributed by atoms with Gasteiger partial charge in [-0.05, 0) is 36.1 Å². The lowest BCUT2D eigenvalue weighted by atomic mass is 9.97. The average molecular weight is 493 g/mol. The minimum Gasteiger partial charge on any atom is -0.346 e. The lowest BCUT2D eigenvalue weighted by Crippen LogP contribution is -2.23. The van der Waals surface area contributed by atoms with Crippen LogP contribution in [0.2, 0.25) is 0 Å². The van der Waals surface area contributed by atoms with E-state index in [1.165, 1.54) is 10.2 Å². The summed E-state index contributed by atoms with van der Waals surface area (Å²) in [7, 11) is 0. The first kappa shape index (κ1) is 22.5. The van der Waals surface area contributed by atoms with Crippen molar-refractivity contribution in [1.29, 1.82) is 0 Å². The monoisotopic (exact) mass is 492 g/mol. The second-order valence-corrected chi connectivity index (χ2v) is 10.5. The van der Waals surface area contributed by atoms with E-state index >= 15 is 0 Å². The van der Waals surface area contributed by atoms with Crippen LogP contribution in [0, 0.1) is 5.41 Å². The molecule has 0 aliphatic carbocycles. The van der Waals surface area contributed by atoms with Crippen molar-refractivity contribution in [2.75, 3.05) is 0 Å². The highest BCUT2D eigenvalue weighted by molar-refractivity contribution is 9.10. The van der Waals surface area contributed by atoms with Crippen LogP contribution in [0.15, 0.2) is 63.0 Å². The van der Waals surface area contributed by atoms with Crippen LogP contribution in [-0.2, 0) is 6.54 Å². The zero-order valence-electron chi connectivity index (χ0n) is 19.3. The molecule has 0 spiro atoms. The summed E-state index contributed by atoms with van der Waals surface area (Å²) >= 11 is 3.46. The molecule has 0 saturated heterocycles. The predicted molar refractivity (Wildman–Crippen MR) is 137 cm³/mol. The molecule has 6 heteroatoms. The van der Waals surface area contributed by atoms with Crippen molar-refractivity contribution < 1.29 is 0 Å². The topological polar surface area (TPSA) is 52.2 Å². The molecule has 2 heterocycles. The Hall–Kier alpha value is -2.73. The van der Waals surface area contributed by atoms with Crippen molar-refractivity contribution >= 4 is 44.0 Å². The summed E-state index contributed by atoms with van der Waals surface area (Å²) in [6.07, 6.45) is 4.79. The van der Waals surface area contributed by atoms with Crippen molar-refractivity contribution in [3.05, 3.63) is 74.9 Å². The number of fused-ring (bicyclic) bond motifs is 2. The molecule has 0 bridgehead atoms. The molecule has 0 fully saturated rings. The van der Waals surface area contributed by atoms with E-state index in [2.05, 4.69) is 84.6 Å². The molecule has 0 amide bonds. The Balaban J connectivity index is 1.88. The van der Waals surface area contributed by atoms with Crippen molar-refractivity contribution in [2.24, 2.45) is 10.5 Å². The van der Waals surface area contributed by atoms with E-state index in [9.17, 15) is 4.79 Å². The van der Waals surface area contributed by atoms with Crippen molar-refractivity contribution in [3.8, 4) is 0 Å². The fraction of sp³-hybridized carbons (Fsp3) is 0.346. The maximum absolute atomic E-state index is 13.4. The summed E-state index contributed by atoms with van der Waals surface area (Å²) in [6.45, 7) is 11.8. The van der Waals surface area contributed by atoms with E-state index in [0.717, 1.165) is 28.4 Å². The summed E-state index contributed by atoms with van der Waals surface area (Å²) in [5, 5.41) is 6.35. The number of hydrogen-bond acceptors (Lipinski definition) is 3. The Kier molecular flexibility index (Phi) is 6.08. The van der Waals surface area contributed by atoms with Gasteiger partial charge in [0.25, 0.3) is 5.56 Å². The van der Waals surface area contributed by atoms with Gasteiger partial charge < -0.3 is 4.57 Å². The highest BCUT2D eigenvalue weighted by Crippen LogP contribution is 2.25. The molecule has 0 N–H and O–H groups in total. The molecule has 2 aromatic carbocycles. The van der Waals surface area contributed by atoms with Crippen LogP contribution in [0.1, 0.15) is 58.3 Å². The van der Waals surface area contributed by atoms with Crippen LogP contribution in [0.5, 0.6) is 0 Å². The zero-order chi connectivity index (χ0) is 23.0. The molecule has 5 nitrogen and oxygen atoms in total. The van der Waals surface area contributed by atoms with Gasteiger partial charge in [-0.15, -0.1) is 0 Å². The van der Waals surface area contributed by atoms with Gasteiger partial charge in [0.1, 0.15) is 5.82 Å². The van der Waals surface area contributed by atoms with E-state index in [0.29, 0.717) is 16.7 Å². The summed E-state index contributed by atoms with van der Waals surface area (Å²) < 4.78 is 4.59. The minimum absolute atomic E-state index is 0.107. The fourth-order valence-electron chi connectivity index (χ4n) is 3.92. The number of nitrogens with zero attached hydrogens (tertiary/aromatic N) is 4. The van der Waals surface area contributed by atoms with Crippen molar-refractivity contribution in [1.82, 2.24) is 14.2 Å². The molecule has 0 radical (unpaired) electrons. The van der Waals surface area contributed by atoms with E-state index in [1.807, 2.05) is 24.3 Å². The molecule has 166 valence electrons. The molecule has 4 rings (SSSR count). The van der Waals surface area contributed by atoms with Crippen LogP contribution >= 0.6 is 15.9 Å². The number of halogens is 1. The first-order chi connectivity index (χ1) is 15.2. The number of rotatable bonds is 5. The van der Waals surface area contributed by atoms with Gasteiger partial charge in [0.2, 0.25) is 0 Å². The maximum atomic E-state index is 13.4. The molecule has 0 aliphatic heterocycles. The number of hydrogen-bond donors (Lipinski definition) is 0. The fourth-order valence-corrected chi connectivity index (χ4v) is 4.28. The molecular weight excluding hydrogens is 464 g/mol. The van der Waals surface area contributed by atoms with E-state index in [1.54, 1.807) is 6.21 Å². The minimum atomic E-state index is -0.152. The first-order valence-corrected chi connectivity index (χ1v) is 11.8. The standard InChI is InChI=1S/C26H29BrN4O/c1-6-17(2)24-29-22-12-11-19(27)13-21(22)25(32)31(24)28-14-18-15-30(16-26(3,4)5)23-10-8-7-9-20(18)23/h7-15,17H,6,16H2,1-5H3/t17-/m1/s1. The quantitative estimate of drug-likeness (QED) is 0.296. The van der Waals surface area contributed by atoms with E-state index < -0.39 is 0 Å². The van der Waals surface area contributed by atoms with Crippen LogP contribution in [0.3, 0.4) is 0 Å². The Labute approximate surface area is 196 Å². The lowest BCUT2D eigenvalue weighted by molar-refractivity contribution is 0.349. The van der Waals surface area contributed by atoms with Gasteiger partial charge in [-0.2, -0.15) is 9.78 Å². The van der Waals surface area contributed by atoms with Gasteiger partial charge in [0, 0.05) is 39.6 Å². The smallest absolute Gasteiger partial charge is 0.282 e. The molecule has 1 atom stereocenters. The molecule has 4 aromatic rings. The van der Waals surface area contributed by atoms with Gasteiger partial charge in [-0.25, -0.2) is 4.98 Å². The predicted octanol–water partition coefficient (Wildman–Crippen LogP) is 6.56. The second-order valence-electron chi connectivity index (χ2n) is 9.59. The molecule has 0 unspecified atom stereocenters. The number of para-hydroxylation sites is 1. The molecule has 2 aromatic heterocycles. The first-order valence-electron chi connectivity index (χ1n) is 11.0. The summed E-state index contributed by atoms with van der Waals surface area (Å²) in [5.74, 6) is 0.789. The van der Waals surface area contributed by atoms with E-state index in [-0.39, 0.29) is 16.9 Å². The normalized spacial score (nSPS) is 13.4. The Morgan fingerprint density at radius 1 is 1.16 bits per heavy atom. The number of benzene rings is 2. The van der Waals surface area contributed by atoms with Crippen LogP contribution in [-0.4, -0.2) is 20.4 Å².